The number of carbonyl (C=O) groups excluding carboxylic acids is 1. The molecule has 0 aliphatic rings. The Bertz CT molecular complexity index is 1040. The first-order chi connectivity index (χ1) is 14.2. The van der Waals surface area contributed by atoms with Crippen molar-refractivity contribution in [3.63, 3.8) is 0 Å². The Morgan fingerprint density at radius 1 is 1.10 bits per heavy atom. The summed E-state index contributed by atoms with van der Waals surface area (Å²) in [5.74, 6) is 0.232. The van der Waals surface area contributed by atoms with Crippen LogP contribution in [0, 0.1) is 0 Å². The number of benzene rings is 2. The molecule has 0 saturated carbocycles. The fourth-order valence-electron chi connectivity index (χ4n) is 2.59. The number of ether oxygens (including phenoxy) is 2. The maximum absolute atomic E-state index is 12.6. The second kappa shape index (κ2) is 10.5. The summed E-state index contributed by atoms with van der Waals surface area (Å²) in [6.45, 7) is 0.267. The van der Waals surface area contributed by atoms with Gasteiger partial charge in [0.1, 0.15) is 16.4 Å². The van der Waals surface area contributed by atoms with Gasteiger partial charge in [-0.2, -0.15) is 0 Å². The molecule has 0 spiro atoms. The van der Waals surface area contributed by atoms with Crippen molar-refractivity contribution in [3.8, 4) is 11.5 Å². The molecular formula is C19H22ClN3O5S2. The maximum Gasteiger partial charge on any atom is 0.267 e. The summed E-state index contributed by atoms with van der Waals surface area (Å²) in [6, 6.07) is 9.51. The molecule has 0 aliphatic heterocycles. The van der Waals surface area contributed by atoms with Gasteiger partial charge in [-0.1, -0.05) is 17.7 Å². The van der Waals surface area contributed by atoms with Gasteiger partial charge in [-0.15, -0.1) is 0 Å². The van der Waals surface area contributed by atoms with Crippen LogP contribution in [0.2, 0.25) is 5.02 Å². The Labute approximate surface area is 186 Å². The van der Waals surface area contributed by atoms with Crippen molar-refractivity contribution in [2.24, 2.45) is 0 Å². The second-order valence-electron chi connectivity index (χ2n) is 6.02. The number of thiocarbonyl (C=S) groups is 1. The van der Waals surface area contributed by atoms with Crippen LogP contribution in [-0.4, -0.2) is 47.2 Å². The number of amides is 1. The lowest BCUT2D eigenvalue weighted by Crippen LogP contribution is -2.37. The fourth-order valence-corrected chi connectivity index (χ4v) is 4.27. The van der Waals surface area contributed by atoms with Crippen molar-refractivity contribution < 1.29 is 22.7 Å². The van der Waals surface area contributed by atoms with E-state index >= 15 is 0 Å². The van der Waals surface area contributed by atoms with Crippen molar-refractivity contribution in [3.05, 3.63) is 52.5 Å². The lowest BCUT2D eigenvalue weighted by molar-refractivity contribution is 0.0951. The van der Waals surface area contributed by atoms with Gasteiger partial charge in [0.25, 0.3) is 15.9 Å². The van der Waals surface area contributed by atoms with Gasteiger partial charge < -0.3 is 20.1 Å². The zero-order chi connectivity index (χ0) is 22.3. The predicted octanol–water partition coefficient (Wildman–Crippen LogP) is 2.11. The molecule has 0 atom stereocenters. The van der Waals surface area contributed by atoms with Crippen LogP contribution in [0.5, 0.6) is 11.5 Å². The maximum atomic E-state index is 12.6. The van der Waals surface area contributed by atoms with Crippen molar-refractivity contribution in [2.45, 2.75) is 11.3 Å². The van der Waals surface area contributed by atoms with Crippen LogP contribution in [0.1, 0.15) is 15.9 Å². The molecule has 2 aromatic carbocycles. The van der Waals surface area contributed by atoms with Gasteiger partial charge in [0, 0.05) is 18.6 Å². The molecule has 0 unspecified atom stereocenters. The number of hydrogen-bond donors (Lipinski definition) is 3. The predicted molar refractivity (Wildman–Crippen MR) is 119 cm³/mol. The summed E-state index contributed by atoms with van der Waals surface area (Å²) in [5, 5.41) is 5.70. The minimum Gasteiger partial charge on any atom is -0.496 e. The summed E-state index contributed by atoms with van der Waals surface area (Å²) in [6.07, 6.45) is 0.387. The van der Waals surface area contributed by atoms with Gasteiger partial charge in [-0.05, 0) is 54.5 Å². The van der Waals surface area contributed by atoms with Gasteiger partial charge in [-0.25, -0.2) is 8.42 Å². The molecular weight excluding hydrogens is 450 g/mol. The van der Waals surface area contributed by atoms with Crippen LogP contribution in [-0.2, 0) is 16.4 Å². The first-order valence-electron chi connectivity index (χ1n) is 8.75. The van der Waals surface area contributed by atoms with E-state index in [1.807, 2.05) is 0 Å². The first-order valence-corrected chi connectivity index (χ1v) is 11.0. The number of rotatable bonds is 8. The van der Waals surface area contributed by atoms with Crippen molar-refractivity contribution in [1.29, 1.82) is 0 Å². The molecule has 8 nitrogen and oxygen atoms in total. The molecule has 2 rings (SSSR count). The average Bonchev–Trinajstić information content (AvgIpc) is 2.73. The Kier molecular flexibility index (Phi) is 8.27. The molecule has 30 heavy (non-hydrogen) atoms. The number of nitrogens with one attached hydrogen (secondary N) is 3. The van der Waals surface area contributed by atoms with Gasteiger partial charge in [-0.3, -0.25) is 9.52 Å². The highest BCUT2D eigenvalue weighted by Gasteiger charge is 2.21. The summed E-state index contributed by atoms with van der Waals surface area (Å²) >= 11 is 10.8. The smallest absolute Gasteiger partial charge is 0.267 e. The molecule has 0 saturated heterocycles. The van der Waals surface area contributed by atoms with E-state index in [9.17, 15) is 13.2 Å². The van der Waals surface area contributed by atoms with Crippen LogP contribution < -0.4 is 24.8 Å². The zero-order valence-corrected chi connectivity index (χ0v) is 19.0. The van der Waals surface area contributed by atoms with Crippen LogP contribution in [0.3, 0.4) is 0 Å². The lowest BCUT2D eigenvalue weighted by atomic mass is 10.1. The molecule has 3 N–H and O–H groups in total. The molecule has 0 bridgehead atoms. The highest BCUT2D eigenvalue weighted by molar-refractivity contribution is 7.92. The SMILES string of the molecule is CNC(=S)NS(=O)(=O)c1cc(CCNC(=O)c2cc(Cl)ccc2OC)ccc1OC. The average molecular weight is 472 g/mol. The van der Waals surface area contributed by atoms with Crippen LogP contribution >= 0.6 is 23.8 Å². The summed E-state index contributed by atoms with van der Waals surface area (Å²) in [4.78, 5) is 12.4. The summed E-state index contributed by atoms with van der Waals surface area (Å²) in [5.41, 5.74) is 0.998. The minimum absolute atomic E-state index is 0.0369. The number of halogens is 1. The van der Waals surface area contributed by atoms with E-state index in [-0.39, 0.29) is 28.2 Å². The largest absolute Gasteiger partial charge is 0.496 e. The lowest BCUT2D eigenvalue weighted by Gasteiger charge is -2.14. The number of methoxy groups -OCH3 is 2. The van der Waals surface area contributed by atoms with Crippen molar-refractivity contribution in [2.75, 3.05) is 27.8 Å². The van der Waals surface area contributed by atoms with E-state index in [1.165, 1.54) is 33.4 Å². The standard InChI is InChI=1S/C19H22ClN3O5S2/c1-21-19(29)23-30(25,26)17-10-12(4-6-16(17)28-3)8-9-22-18(24)14-11-13(20)5-7-15(14)27-2/h4-7,10-11H,8-9H2,1-3H3,(H,22,24)(H2,21,23,29). The highest BCUT2D eigenvalue weighted by Crippen LogP contribution is 2.25. The minimum atomic E-state index is -3.93. The van der Waals surface area contributed by atoms with Crippen LogP contribution in [0.15, 0.2) is 41.3 Å². The van der Waals surface area contributed by atoms with Gasteiger partial charge in [0.2, 0.25) is 0 Å². The van der Waals surface area contributed by atoms with Gasteiger partial charge >= 0.3 is 0 Å². The Morgan fingerprint density at radius 2 is 1.77 bits per heavy atom. The zero-order valence-electron chi connectivity index (χ0n) is 16.6. The van der Waals surface area contributed by atoms with Crippen LogP contribution in [0.25, 0.3) is 0 Å². The van der Waals surface area contributed by atoms with Gasteiger partial charge in [0.05, 0.1) is 19.8 Å². The van der Waals surface area contributed by atoms with E-state index in [0.717, 1.165) is 0 Å². The number of hydrogen-bond acceptors (Lipinski definition) is 6. The topological polar surface area (TPSA) is 106 Å². The van der Waals surface area contributed by atoms with E-state index in [2.05, 4.69) is 15.4 Å². The molecule has 162 valence electrons. The molecule has 0 aromatic heterocycles. The van der Waals surface area contributed by atoms with Crippen molar-refractivity contribution in [1.82, 2.24) is 15.4 Å². The Morgan fingerprint density at radius 3 is 2.40 bits per heavy atom. The monoisotopic (exact) mass is 471 g/mol. The molecule has 0 radical (unpaired) electrons. The second-order valence-corrected chi connectivity index (χ2v) is 8.52. The first kappa shape index (κ1) is 23.7. The normalized spacial score (nSPS) is 10.8. The molecule has 0 aliphatic carbocycles. The molecule has 0 fully saturated rings. The molecule has 0 heterocycles. The van der Waals surface area contributed by atoms with E-state index in [1.54, 1.807) is 24.3 Å². The number of sulfonamides is 1. The fraction of sp³-hybridized carbons (Fsp3) is 0.263. The molecule has 1 amide bonds. The number of carbonyl (C=O) groups is 1. The Balaban J connectivity index is 2.14. The quantitative estimate of drug-likeness (QED) is 0.506. The summed E-state index contributed by atoms with van der Waals surface area (Å²) in [7, 11) is 0.421. The van der Waals surface area contributed by atoms with Gasteiger partial charge in [0.15, 0.2) is 5.11 Å². The van der Waals surface area contributed by atoms with E-state index < -0.39 is 10.0 Å². The third kappa shape index (κ3) is 5.97. The third-order valence-corrected chi connectivity index (χ3v) is 6.12. The van der Waals surface area contributed by atoms with E-state index in [0.29, 0.717) is 28.3 Å². The highest BCUT2D eigenvalue weighted by atomic mass is 35.5. The molecule has 11 heteroatoms. The summed E-state index contributed by atoms with van der Waals surface area (Å²) < 4.78 is 37.8. The van der Waals surface area contributed by atoms with Crippen LogP contribution in [0.4, 0.5) is 0 Å². The van der Waals surface area contributed by atoms with E-state index in [4.69, 9.17) is 33.3 Å². The molecule has 2 aromatic rings. The van der Waals surface area contributed by atoms with Crippen molar-refractivity contribution >= 4 is 44.9 Å². The third-order valence-electron chi connectivity index (χ3n) is 4.08. The Hall–Kier alpha value is -2.56.